The molecule has 2 aromatic rings. The van der Waals surface area contributed by atoms with Crippen LogP contribution in [-0.2, 0) is 0 Å². The highest BCUT2D eigenvalue weighted by atomic mass is 79.9. The van der Waals surface area contributed by atoms with E-state index in [2.05, 4.69) is 45.3 Å². The molecule has 1 aliphatic carbocycles. The molecule has 1 heterocycles. The normalized spacial score (nSPS) is 18.3. The van der Waals surface area contributed by atoms with E-state index in [9.17, 15) is 0 Å². The molecule has 3 rings (SSSR count). The number of hydrogen-bond acceptors (Lipinski definition) is 3. The van der Waals surface area contributed by atoms with Gasteiger partial charge in [0.1, 0.15) is 0 Å². The lowest BCUT2D eigenvalue weighted by Crippen LogP contribution is -2.22. The second-order valence-corrected chi connectivity index (χ2v) is 7.45. The summed E-state index contributed by atoms with van der Waals surface area (Å²) in [7, 11) is 0. The molecule has 1 saturated carbocycles. The first kappa shape index (κ1) is 12.4. The van der Waals surface area contributed by atoms with Crippen LogP contribution >= 0.6 is 27.3 Å². The Morgan fingerprint density at radius 2 is 2.17 bits per heavy atom. The van der Waals surface area contributed by atoms with Gasteiger partial charge in [-0.15, -0.1) is 0 Å². The topological polar surface area (TPSA) is 24.9 Å². The number of thiazole rings is 1. The molecule has 0 saturated heterocycles. The highest BCUT2D eigenvalue weighted by Crippen LogP contribution is 2.38. The molecule has 0 amide bonds. The van der Waals surface area contributed by atoms with Crippen molar-refractivity contribution in [2.45, 2.75) is 32.6 Å². The van der Waals surface area contributed by atoms with Gasteiger partial charge in [0.2, 0.25) is 0 Å². The second-order valence-electron chi connectivity index (χ2n) is 5.50. The van der Waals surface area contributed by atoms with Crippen LogP contribution in [0.3, 0.4) is 0 Å². The first-order valence-electron chi connectivity index (χ1n) is 6.45. The fraction of sp³-hybridized carbons (Fsp3) is 0.500. The highest BCUT2D eigenvalue weighted by Gasteiger charge is 2.28. The number of nitrogens with one attached hydrogen (secondary N) is 1. The molecule has 1 N–H and O–H groups in total. The Morgan fingerprint density at radius 3 is 2.94 bits per heavy atom. The molecule has 4 heteroatoms. The minimum Gasteiger partial charge on any atom is -0.361 e. The van der Waals surface area contributed by atoms with Gasteiger partial charge in [-0.25, -0.2) is 4.98 Å². The third-order valence-electron chi connectivity index (χ3n) is 3.83. The van der Waals surface area contributed by atoms with Gasteiger partial charge in [-0.2, -0.15) is 0 Å². The quantitative estimate of drug-likeness (QED) is 0.854. The summed E-state index contributed by atoms with van der Waals surface area (Å²) in [6.07, 6.45) is 5.45. The number of hydrogen-bond donors (Lipinski definition) is 1. The van der Waals surface area contributed by atoms with E-state index in [1.807, 2.05) is 6.07 Å². The molecule has 1 fully saturated rings. The zero-order valence-corrected chi connectivity index (χ0v) is 12.9. The van der Waals surface area contributed by atoms with Crippen LogP contribution in [0.2, 0.25) is 0 Å². The zero-order valence-electron chi connectivity index (χ0n) is 10.5. The molecule has 0 radical (unpaired) electrons. The fourth-order valence-corrected chi connectivity index (χ4v) is 4.08. The lowest BCUT2D eigenvalue weighted by atomic mass is 9.89. The molecule has 96 valence electrons. The Morgan fingerprint density at radius 1 is 1.39 bits per heavy atom. The summed E-state index contributed by atoms with van der Waals surface area (Å²) in [5.41, 5.74) is 1.56. The Balaban J connectivity index is 1.74. The lowest BCUT2D eigenvalue weighted by Gasteiger charge is -2.23. The average molecular weight is 325 g/mol. The summed E-state index contributed by atoms with van der Waals surface area (Å²) in [4.78, 5) is 4.63. The molecule has 1 aromatic heterocycles. The Labute approximate surface area is 120 Å². The van der Waals surface area contributed by atoms with Gasteiger partial charge in [0.25, 0.3) is 0 Å². The number of halogens is 1. The number of nitrogens with zero attached hydrogens (tertiary/aromatic N) is 1. The fourth-order valence-electron chi connectivity index (χ4n) is 2.67. The van der Waals surface area contributed by atoms with Crippen LogP contribution in [0.5, 0.6) is 0 Å². The minimum atomic E-state index is 0.471. The van der Waals surface area contributed by atoms with Crippen molar-refractivity contribution in [2.24, 2.45) is 5.41 Å². The van der Waals surface area contributed by atoms with Gasteiger partial charge in [0, 0.05) is 11.0 Å². The Kier molecular flexibility index (Phi) is 3.32. The zero-order chi connectivity index (χ0) is 12.6. The first-order valence-corrected chi connectivity index (χ1v) is 8.06. The molecule has 0 spiro atoms. The average Bonchev–Trinajstić information content (AvgIpc) is 2.93. The van der Waals surface area contributed by atoms with Crippen molar-refractivity contribution in [3.8, 4) is 0 Å². The number of benzene rings is 1. The molecule has 0 bridgehead atoms. The van der Waals surface area contributed by atoms with E-state index in [4.69, 9.17) is 0 Å². The molecule has 0 atom stereocenters. The summed E-state index contributed by atoms with van der Waals surface area (Å²) >= 11 is 5.24. The second kappa shape index (κ2) is 4.82. The van der Waals surface area contributed by atoms with Gasteiger partial charge in [-0.05, 0) is 36.5 Å². The monoisotopic (exact) mass is 324 g/mol. The van der Waals surface area contributed by atoms with Crippen LogP contribution in [0.25, 0.3) is 10.2 Å². The van der Waals surface area contributed by atoms with Crippen LogP contribution < -0.4 is 5.32 Å². The van der Waals surface area contributed by atoms with E-state index in [1.165, 1.54) is 30.4 Å². The maximum Gasteiger partial charge on any atom is 0.183 e. The van der Waals surface area contributed by atoms with Crippen LogP contribution in [0.15, 0.2) is 22.7 Å². The van der Waals surface area contributed by atoms with Crippen molar-refractivity contribution in [1.82, 2.24) is 4.98 Å². The van der Waals surface area contributed by atoms with E-state index in [0.29, 0.717) is 5.41 Å². The van der Waals surface area contributed by atoms with Gasteiger partial charge >= 0.3 is 0 Å². The standard InChI is InChI=1S/C14H17BrN2S/c1-14(6-2-3-7-14)9-16-13-17-11-5-4-10(15)8-12(11)18-13/h4-5,8H,2-3,6-7,9H2,1H3,(H,16,17). The van der Waals surface area contributed by atoms with Crippen molar-refractivity contribution in [2.75, 3.05) is 11.9 Å². The van der Waals surface area contributed by atoms with Crippen LogP contribution in [-0.4, -0.2) is 11.5 Å². The van der Waals surface area contributed by atoms with Crippen molar-refractivity contribution in [1.29, 1.82) is 0 Å². The summed E-state index contributed by atoms with van der Waals surface area (Å²) in [5, 5.41) is 4.58. The van der Waals surface area contributed by atoms with Crippen molar-refractivity contribution >= 4 is 42.6 Å². The highest BCUT2D eigenvalue weighted by molar-refractivity contribution is 9.10. The van der Waals surface area contributed by atoms with E-state index >= 15 is 0 Å². The van der Waals surface area contributed by atoms with Gasteiger partial charge in [-0.3, -0.25) is 0 Å². The van der Waals surface area contributed by atoms with Crippen LogP contribution in [0.1, 0.15) is 32.6 Å². The number of anilines is 1. The number of rotatable bonds is 3. The summed E-state index contributed by atoms with van der Waals surface area (Å²) in [6.45, 7) is 3.44. The molecule has 0 unspecified atom stereocenters. The smallest absolute Gasteiger partial charge is 0.183 e. The predicted molar refractivity (Wildman–Crippen MR) is 82.4 cm³/mol. The van der Waals surface area contributed by atoms with Gasteiger partial charge in [0.05, 0.1) is 10.2 Å². The van der Waals surface area contributed by atoms with Crippen LogP contribution in [0.4, 0.5) is 5.13 Å². The van der Waals surface area contributed by atoms with Crippen molar-refractivity contribution in [3.63, 3.8) is 0 Å². The molecule has 2 nitrogen and oxygen atoms in total. The van der Waals surface area contributed by atoms with E-state index in [-0.39, 0.29) is 0 Å². The Hall–Kier alpha value is -0.610. The van der Waals surface area contributed by atoms with Crippen LogP contribution in [0, 0.1) is 5.41 Å². The van der Waals surface area contributed by atoms with Gasteiger partial charge in [0.15, 0.2) is 5.13 Å². The first-order chi connectivity index (χ1) is 8.65. The lowest BCUT2D eigenvalue weighted by molar-refractivity contribution is 0.362. The molecule has 0 aliphatic heterocycles. The summed E-state index contributed by atoms with van der Waals surface area (Å²) < 4.78 is 2.36. The summed E-state index contributed by atoms with van der Waals surface area (Å²) in [6, 6.07) is 6.25. The maximum absolute atomic E-state index is 4.63. The molecular formula is C14H17BrN2S. The maximum atomic E-state index is 4.63. The van der Waals surface area contributed by atoms with Gasteiger partial charge < -0.3 is 5.32 Å². The molecule has 1 aromatic carbocycles. The molecular weight excluding hydrogens is 308 g/mol. The number of fused-ring (bicyclic) bond motifs is 1. The van der Waals surface area contributed by atoms with E-state index < -0.39 is 0 Å². The van der Waals surface area contributed by atoms with Crippen molar-refractivity contribution < 1.29 is 0 Å². The Bertz CT molecular complexity index is 558. The third-order valence-corrected chi connectivity index (χ3v) is 5.30. The SMILES string of the molecule is CC1(CNc2nc3ccc(Br)cc3s2)CCCC1. The van der Waals surface area contributed by atoms with E-state index in [0.717, 1.165) is 21.7 Å². The summed E-state index contributed by atoms with van der Waals surface area (Å²) in [5.74, 6) is 0. The number of aromatic nitrogens is 1. The van der Waals surface area contributed by atoms with Gasteiger partial charge in [-0.1, -0.05) is 47.0 Å². The predicted octanol–water partition coefficient (Wildman–Crippen LogP) is 5.05. The minimum absolute atomic E-state index is 0.471. The molecule has 18 heavy (non-hydrogen) atoms. The largest absolute Gasteiger partial charge is 0.361 e. The van der Waals surface area contributed by atoms with E-state index in [1.54, 1.807) is 11.3 Å². The molecule has 1 aliphatic rings. The van der Waals surface area contributed by atoms with Crippen molar-refractivity contribution in [3.05, 3.63) is 22.7 Å². The third kappa shape index (κ3) is 2.54.